The molecule has 1 aromatic heterocycles. The van der Waals surface area contributed by atoms with E-state index in [1.807, 2.05) is 11.0 Å². The van der Waals surface area contributed by atoms with E-state index in [1.165, 1.54) is 11.3 Å². The summed E-state index contributed by atoms with van der Waals surface area (Å²) in [5, 5.41) is 8.98. The van der Waals surface area contributed by atoms with Crippen LogP contribution in [0.15, 0.2) is 12.1 Å². The Hall–Kier alpha value is -1.93. The third-order valence-electron chi connectivity index (χ3n) is 4.82. The number of hydrogen-bond acceptors (Lipinski definition) is 6. The molecule has 3 rings (SSSR count). The topological polar surface area (TPSA) is 87.2 Å². The Labute approximate surface area is 150 Å². The normalized spacial score (nSPS) is 23.5. The highest BCUT2D eigenvalue weighted by molar-refractivity contribution is 7.13. The van der Waals surface area contributed by atoms with Crippen molar-refractivity contribution >= 4 is 29.2 Å². The summed E-state index contributed by atoms with van der Waals surface area (Å²) in [6.45, 7) is 6.94. The van der Waals surface area contributed by atoms with Gasteiger partial charge in [-0.05, 0) is 26.0 Å². The maximum Gasteiger partial charge on any atom is 0.345 e. The summed E-state index contributed by atoms with van der Waals surface area (Å²) in [5.74, 6) is -1.64. The molecule has 8 heteroatoms. The second-order valence-corrected chi connectivity index (χ2v) is 8.18. The maximum absolute atomic E-state index is 12.7. The third kappa shape index (κ3) is 3.85. The Bertz CT molecular complexity index is 691. The molecule has 2 aliphatic heterocycles. The standard InChI is InChI=1S/C17H22N2O5S/c1-17(2)12(9-14(20)24-17)15(21)19-7-5-18(6-8-19)10-11-3-4-13(25-11)16(22)23/h3-4,12H,5-10H2,1-2H3,(H,22,23). The quantitative estimate of drug-likeness (QED) is 0.811. The van der Waals surface area contributed by atoms with Gasteiger partial charge >= 0.3 is 11.9 Å². The minimum absolute atomic E-state index is 0.0141. The third-order valence-corrected chi connectivity index (χ3v) is 5.88. The molecule has 25 heavy (non-hydrogen) atoms. The first-order valence-corrected chi connectivity index (χ1v) is 9.13. The summed E-state index contributed by atoms with van der Waals surface area (Å²) in [6.07, 6.45) is 0.152. The molecule has 0 saturated carbocycles. The van der Waals surface area contributed by atoms with Gasteiger partial charge in [0.25, 0.3) is 0 Å². The summed E-state index contributed by atoms with van der Waals surface area (Å²) in [6, 6.07) is 3.47. The zero-order chi connectivity index (χ0) is 18.2. The van der Waals surface area contributed by atoms with Crippen LogP contribution in [0.2, 0.25) is 0 Å². The van der Waals surface area contributed by atoms with Gasteiger partial charge in [-0.25, -0.2) is 4.79 Å². The van der Waals surface area contributed by atoms with E-state index in [0.29, 0.717) is 24.5 Å². The van der Waals surface area contributed by atoms with Crippen LogP contribution in [0, 0.1) is 5.92 Å². The smallest absolute Gasteiger partial charge is 0.345 e. The van der Waals surface area contributed by atoms with Gasteiger partial charge in [0, 0.05) is 37.6 Å². The molecule has 1 aromatic rings. The molecule has 1 amide bonds. The first kappa shape index (κ1) is 17.9. The van der Waals surface area contributed by atoms with E-state index in [0.717, 1.165) is 18.0 Å². The first-order chi connectivity index (χ1) is 11.8. The largest absolute Gasteiger partial charge is 0.477 e. The fourth-order valence-electron chi connectivity index (χ4n) is 3.35. The van der Waals surface area contributed by atoms with Gasteiger partial charge in [0.15, 0.2) is 0 Å². The van der Waals surface area contributed by atoms with E-state index in [4.69, 9.17) is 9.84 Å². The van der Waals surface area contributed by atoms with Crippen LogP contribution in [-0.4, -0.2) is 64.5 Å². The number of thiophene rings is 1. The van der Waals surface area contributed by atoms with Crippen molar-refractivity contribution in [2.24, 2.45) is 5.92 Å². The summed E-state index contributed by atoms with van der Waals surface area (Å²) >= 11 is 1.29. The molecule has 2 saturated heterocycles. The van der Waals surface area contributed by atoms with Crippen molar-refractivity contribution in [2.45, 2.75) is 32.4 Å². The monoisotopic (exact) mass is 366 g/mol. The van der Waals surface area contributed by atoms with Crippen LogP contribution in [0.1, 0.15) is 34.8 Å². The molecule has 0 aromatic carbocycles. The first-order valence-electron chi connectivity index (χ1n) is 8.31. The number of hydrogen-bond donors (Lipinski definition) is 1. The van der Waals surface area contributed by atoms with Gasteiger partial charge in [-0.3, -0.25) is 14.5 Å². The summed E-state index contributed by atoms with van der Waals surface area (Å²) in [7, 11) is 0. The van der Waals surface area contributed by atoms with Crippen molar-refractivity contribution < 1.29 is 24.2 Å². The van der Waals surface area contributed by atoms with Crippen molar-refractivity contribution in [1.29, 1.82) is 0 Å². The average Bonchev–Trinajstić information content (AvgIpc) is 3.11. The van der Waals surface area contributed by atoms with Gasteiger partial charge in [0.05, 0.1) is 12.3 Å². The summed E-state index contributed by atoms with van der Waals surface area (Å²) in [4.78, 5) is 40.6. The van der Waals surface area contributed by atoms with Crippen LogP contribution in [-0.2, 0) is 20.9 Å². The average molecular weight is 366 g/mol. The molecule has 2 fully saturated rings. The fraction of sp³-hybridized carbons (Fsp3) is 0.588. The molecule has 0 spiro atoms. The van der Waals surface area contributed by atoms with E-state index < -0.39 is 17.5 Å². The van der Waals surface area contributed by atoms with Crippen molar-refractivity contribution in [3.63, 3.8) is 0 Å². The highest BCUT2D eigenvalue weighted by Crippen LogP contribution is 2.34. The molecule has 1 unspecified atom stereocenters. The lowest BCUT2D eigenvalue weighted by atomic mass is 9.89. The lowest BCUT2D eigenvalue weighted by Crippen LogP contribution is -2.52. The predicted octanol–water partition coefficient (Wildman–Crippen LogP) is 1.43. The second-order valence-electron chi connectivity index (χ2n) is 7.01. The maximum atomic E-state index is 12.7. The van der Waals surface area contributed by atoms with E-state index in [1.54, 1.807) is 19.9 Å². The van der Waals surface area contributed by atoms with Crippen molar-refractivity contribution in [2.75, 3.05) is 26.2 Å². The van der Waals surface area contributed by atoms with E-state index >= 15 is 0 Å². The molecule has 1 atom stereocenters. The molecule has 1 N–H and O–H groups in total. The number of piperazine rings is 1. The van der Waals surface area contributed by atoms with Crippen molar-refractivity contribution in [1.82, 2.24) is 9.80 Å². The number of rotatable bonds is 4. The SMILES string of the molecule is CC1(C)OC(=O)CC1C(=O)N1CCN(Cc2ccc(C(=O)O)s2)CC1. The van der Waals surface area contributed by atoms with E-state index in [-0.39, 0.29) is 18.3 Å². The Morgan fingerprint density at radius 3 is 2.48 bits per heavy atom. The highest BCUT2D eigenvalue weighted by atomic mass is 32.1. The number of carboxylic acid groups (broad SMARTS) is 1. The minimum atomic E-state index is -0.900. The van der Waals surface area contributed by atoms with Gasteiger partial charge in [0.1, 0.15) is 10.5 Å². The zero-order valence-corrected chi connectivity index (χ0v) is 15.2. The lowest BCUT2D eigenvalue weighted by molar-refractivity contribution is -0.149. The molecule has 2 aliphatic rings. The van der Waals surface area contributed by atoms with Crippen LogP contribution >= 0.6 is 11.3 Å². The second kappa shape index (κ2) is 6.76. The molecule has 136 valence electrons. The van der Waals surface area contributed by atoms with Crippen molar-refractivity contribution in [3.05, 3.63) is 21.9 Å². The van der Waals surface area contributed by atoms with Gasteiger partial charge in [0.2, 0.25) is 5.91 Å². The molecule has 7 nitrogen and oxygen atoms in total. The lowest BCUT2D eigenvalue weighted by Gasteiger charge is -2.37. The number of carbonyl (C=O) groups excluding carboxylic acids is 2. The number of cyclic esters (lactones) is 1. The zero-order valence-electron chi connectivity index (χ0n) is 14.4. The van der Waals surface area contributed by atoms with E-state index in [9.17, 15) is 14.4 Å². The molecule has 0 aliphatic carbocycles. The number of aromatic carboxylic acids is 1. The van der Waals surface area contributed by atoms with Crippen LogP contribution in [0.4, 0.5) is 0 Å². The molecule has 0 bridgehead atoms. The predicted molar refractivity (Wildman–Crippen MR) is 91.4 cm³/mol. The van der Waals surface area contributed by atoms with Crippen LogP contribution in [0.25, 0.3) is 0 Å². The Morgan fingerprint density at radius 2 is 1.96 bits per heavy atom. The van der Waals surface area contributed by atoms with Crippen LogP contribution in [0.5, 0.6) is 0 Å². The number of esters is 1. The van der Waals surface area contributed by atoms with Gasteiger partial charge in [-0.1, -0.05) is 0 Å². The molecular weight excluding hydrogens is 344 g/mol. The van der Waals surface area contributed by atoms with Gasteiger partial charge in [-0.2, -0.15) is 0 Å². The van der Waals surface area contributed by atoms with Crippen molar-refractivity contribution in [3.8, 4) is 0 Å². The Balaban J connectivity index is 1.54. The van der Waals surface area contributed by atoms with Gasteiger partial charge in [-0.15, -0.1) is 11.3 Å². The number of nitrogens with zero attached hydrogens (tertiary/aromatic N) is 2. The number of carbonyl (C=O) groups is 3. The summed E-state index contributed by atoms with van der Waals surface area (Å²) < 4.78 is 5.25. The number of amides is 1. The highest BCUT2D eigenvalue weighted by Gasteiger charge is 2.47. The molecule has 0 radical (unpaired) electrons. The number of ether oxygens (including phenoxy) is 1. The molecule has 3 heterocycles. The van der Waals surface area contributed by atoms with E-state index in [2.05, 4.69) is 4.90 Å². The Kier molecular flexibility index (Phi) is 4.83. The minimum Gasteiger partial charge on any atom is -0.477 e. The van der Waals surface area contributed by atoms with Crippen LogP contribution in [0.3, 0.4) is 0 Å². The molecular formula is C17H22N2O5S. The van der Waals surface area contributed by atoms with Crippen LogP contribution < -0.4 is 0 Å². The van der Waals surface area contributed by atoms with Gasteiger partial charge < -0.3 is 14.7 Å². The Morgan fingerprint density at radius 1 is 1.28 bits per heavy atom. The number of carboxylic acids is 1. The fourth-order valence-corrected chi connectivity index (χ4v) is 4.24. The summed E-state index contributed by atoms with van der Waals surface area (Å²) in [5.41, 5.74) is -0.741.